The SMILES string of the molecule is Cc1c(CSc2ccc(Cl)cc2N)cccc1[N+](=O)[O-]. The zero-order valence-corrected chi connectivity index (χ0v) is 12.4. The van der Waals surface area contributed by atoms with Crippen LogP contribution in [-0.2, 0) is 5.75 Å². The van der Waals surface area contributed by atoms with E-state index in [4.69, 9.17) is 17.3 Å². The molecule has 2 N–H and O–H groups in total. The van der Waals surface area contributed by atoms with Gasteiger partial charge in [-0.25, -0.2) is 0 Å². The molecule has 2 aromatic rings. The molecule has 0 aliphatic heterocycles. The lowest BCUT2D eigenvalue weighted by molar-refractivity contribution is -0.385. The maximum Gasteiger partial charge on any atom is 0.272 e. The predicted molar refractivity (Wildman–Crippen MR) is 83.3 cm³/mol. The van der Waals surface area contributed by atoms with Crippen molar-refractivity contribution in [2.75, 3.05) is 5.73 Å². The Morgan fingerprint density at radius 1 is 1.35 bits per heavy atom. The normalized spacial score (nSPS) is 10.5. The summed E-state index contributed by atoms with van der Waals surface area (Å²) >= 11 is 7.39. The average Bonchev–Trinajstić information content (AvgIpc) is 2.39. The standard InChI is InChI=1S/C14H13ClN2O2S/c1-9-10(3-2-4-13(9)17(18)19)8-20-14-6-5-11(15)7-12(14)16/h2-7H,8,16H2,1H3. The van der Waals surface area contributed by atoms with Crippen LogP contribution in [0.1, 0.15) is 11.1 Å². The van der Waals surface area contributed by atoms with E-state index in [1.165, 1.54) is 17.8 Å². The molecule has 0 saturated carbocycles. The number of halogens is 1. The minimum atomic E-state index is -0.361. The molecule has 0 aliphatic carbocycles. The van der Waals surface area contributed by atoms with Crippen LogP contribution in [0.2, 0.25) is 5.02 Å². The van der Waals surface area contributed by atoms with E-state index in [2.05, 4.69) is 0 Å². The van der Waals surface area contributed by atoms with Gasteiger partial charge in [0.05, 0.1) is 4.92 Å². The second kappa shape index (κ2) is 6.15. The summed E-state index contributed by atoms with van der Waals surface area (Å²) in [4.78, 5) is 11.5. The van der Waals surface area contributed by atoms with Crippen molar-refractivity contribution in [2.24, 2.45) is 0 Å². The van der Waals surface area contributed by atoms with E-state index in [9.17, 15) is 10.1 Å². The Balaban J connectivity index is 2.19. The van der Waals surface area contributed by atoms with Gasteiger partial charge >= 0.3 is 0 Å². The van der Waals surface area contributed by atoms with Crippen LogP contribution in [0.5, 0.6) is 0 Å². The molecule has 2 rings (SSSR count). The van der Waals surface area contributed by atoms with Gasteiger partial charge in [0.1, 0.15) is 0 Å². The molecule has 0 amide bonds. The molecule has 0 bridgehead atoms. The van der Waals surface area contributed by atoms with Crippen molar-refractivity contribution in [3.63, 3.8) is 0 Å². The van der Waals surface area contributed by atoms with E-state index >= 15 is 0 Å². The number of anilines is 1. The van der Waals surface area contributed by atoms with E-state index in [1.807, 2.05) is 12.1 Å². The first kappa shape index (κ1) is 14.7. The van der Waals surface area contributed by atoms with Crippen LogP contribution in [0.3, 0.4) is 0 Å². The Labute approximate surface area is 126 Å². The van der Waals surface area contributed by atoms with Crippen LogP contribution in [0, 0.1) is 17.0 Å². The fourth-order valence-electron chi connectivity index (χ4n) is 1.83. The molecular formula is C14H13ClN2O2S. The van der Waals surface area contributed by atoms with E-state index in [1.54, 1.807) is 25.1 Å². The van der Waals surface area contributed by atoms with Crippen LogP contribution in [0.15, 0.2) is 41.3 Å². The molecule has 0 heterocycles. The molecule has 2 aromatic carbocycles. The van der Waals surface area contributed by atoms with Crippen molar-refractivity contribution in [1.29, 1.82) is 0 Å². The Kier molecular flexibility index (Phi) is 4.52. The minimum Gasteiger partial charge on any atom is -0.398 e. The first-order valence-corrected chi connectivity index (χ1v) is 7.26. The number of thioether (sulfide) groups is 1. The van der Waals surface area contributed by atoms with Gasteiger partial charge in [0.15, 0.2) is 0 Å². The maximum absolute atomic E-state index is 10.9. The quantitative estimate of drug-likeness (QED) is 0.392. The molecule has 4 nitrogen and oxygen atoms in total. The number of hydrogen-bond donors (Lipinski definition) is 1. The molecule has 0 unspecified atom stereocenters. The Morgan fingerprint density at radius 2 is 2.10 bits per heavy atom. The van der Waals surface area contributed by atoms with Gasteiger partial charge in [-0.2, -0.15) is 0 Å². The molecule has 0 spiro atoms. The molecule has 20 heavy (non-hydrogen) atoms. The number of nitrogens with zero attached hydrogens (tertiary/aromatic N) is 1. The highest BCUT2D eigenvalue weighted by Gasteiger charge is 2.13. The van der Waals surface area contributed by atoms with Gasteiger partial charge in [-0.3, -0.25) is 10.1 Å². The molecule has 0 aromatic heterocycles. The summed E-state index contributed by atoms with van der Waals surface area (Å²) in [6.07, 6.45) is 0. The smallest absolute Gasteiger partial charge is 0.272 e. The van der Waals surface area contributed by atoms with Crippen LogP contribution < -0.4 is 5.73 Å². The van der Waals surface area contributed by atoms with Crippen molar-refractivity contribution in [3.05, 3.63) is 62.7 Å². The van der Waals surface area contributed by atoms with Gasteiger partial charge in [-0.05, 0) is 30.7 Å². The average molecular weight is 309 g/mol. The second-order valence-electron chi connectivity index (χ2n) is 4.29. The summed E-state index contributed by atoms with van der Waals surface area (Å²) in [6.45, 7) is 1.76. The van der Waals surface area contributed by atoms with Crippen molar-refractivity contribution in [3.8, 4) is 0 Å². The van der Waals surface area contributed by atoms with Crippen molar-refractivity contribution in [2.45, 2.75) is 17.6 Å². The first-order chi connectivity index (χ1) is 9.49. The highest BCUT2D eigenvalue weighted by molar-refractivity contribution is 7.98. The number of hydrogen-bond acceptors (Lipinski definition) is 4. The number of nitro benzene ring substituents is 1. The number of nitrogens with two attached hydrogens (primary N) is 1. The number of nitrogen functional groups attached to an aromatic ring is 1. The number of benzene rings is 2. The second-order valence-corrected chi connectivity index (χ2v) is 5.74. The first-order valence-electron chi connectivity index (χ1n) is 5.89. The van der Waals surface area contributed by atoms with Gasteiger partial charge in [0.2, 0.25) is 0 Å². The van der Waals surface area contributed by atoms with Crippen molar-refractivity contribution < 1.29 is 4.92 Å². The summed E-state index contributed by atoms with van der Waals surface area (Å²) in [6, 6.07) is 10.4. The molecule has 0 aliphatic rings. The van der Waals surface area contributed by atoms with Crippen LogP contribution >= 0.6 is 23.4 Å². The van der Waals surface area contributed by atoms with Gasteiger partial charge < -0.3 is 5.73 Å². The van der Waals surface area contributed by atoms with Crippen LogP contribution in [0.4, 0.5) is 11.4 Å². The lowest BCUT2D eigenvalue weighted by Crippen LogP contribution is -1.95. The number of rotatable bonds is 4. The lowest BCUT2D eigenvalue weighted by Gasteiger charge is -2.08. The fraction of sp³-hybridized carbons (Fsp3) is 0.143. The third-order valence-corrected chi connectivity index (χ3v) is 4.34. The van der Waals surface area contributed by atoms with Gasteiger partial charge in [0.25, 0.3) is 5.69 Å². The van der Waals surface area contributed by atoms with Crippen molar-refractivity contribution >= 4 is 34.7 Å². The van der Waals surface area contributed by atoms with Gasteiger partial charge in [-0.15, -0.1) is 11.8 Å². The largest absolute Gasteiger partial charge is 0.398 e. The van der Waals surface area contributed by atoms with E-state index in [0.717, 1.165) is 10.5 Å². The molecule has 0 fully saturated rings. The summed E-state index contributed by atoms with van der Waals surface area (Å²) in [5, 5.41) is 11.5. The van der Waals surface area contributed by atoms with E-state index in [-0.39, 0.29) is 10.6 Å². The molecule has 104 valence electrons. The topological polar surface area (TPSA) is 69.2 Å². The van der Waals surface area contributed by atoms with Gasteiger partial charge in [0, 0.05) is 33.0 Å². The Hall–Kier alpha value is -1.72. The van der Waals surface area contributed by atoms with Gasteiger partial charge in [-0.1, -0.05) is 23.7 Å². The Morgan fingerprint density at radius 3 is 2.75 bits per heavy atom. The zero-order valence-electron chi connectivity index (χ0n) is 10.8. The predicted octanol–water partition coefficient (Wildman–Crippen LogP) is 4.43. The molecular weight excluding hydrogens is 296 g/mol. The highest BCUT2D eigenvalue weighted by atomic mass is 35.5. The van der Waals surface area contributed by atoms with Crippen LogP contribution in [0.25, 0.3) is 0 Å². The zero-order chi connectivity index (χ0) is 14.7. The van der Waals surface area contributed by atoms with Crippen molar-refractivity contribution in [1.82, 2.24) is 0 Å². The summed E-state index contributed by atoms with van der Waals surface area (Å²) in [7, 11) is 0. The monoisotopic (exact) mass is 308 g/mol. The summed E-state index contributed by atoms with van der Waals surface area (Å²) in [5.41, 5.74) is 8.27. The molecule has 0 saturated heterocycles. The summed E-state index contributed by atoms with van der Waals surface area (Å²) in [5.74, 6) is 0.624. The molecule has 0 atom stereocenters. The van der Waals surface area contributed by atoms with E-state index in [0.29, 0.717) is 22.0 Å². The fourth-order valence-corrected chi connectivity index (χ4v) is 3.02. The molecule has 0 radical (unpaired) electrons. The van der Waals surface area contributed by atoms with Crippen LogP contribution in [-0.4, -0.2) is 4.92 Å². The summed E-state index contributed by atoms with van der Waals surface area (Å²) < 4.78 is 0. The third kappa shape index (κ3) is 3.23. The highest BCUT2D eigenvalue weighted by Crippen LogP contribution is 2.32. The molecule has 6 heteroatoms. The third-order valence-electron chi connectivity index (χ3n) is 2.97. The minimum absolute atomic E-state index is 0.146. The number of nitro groups is 1. The lowest BCUT2D eigenvalue weighted by atomic mass is 10.1. The van der Waals surface area contributed by atoms with E-state index < -0.39 is 0 Å². The Bertz CT molecular complexity index is 662. The maximum atomic E-state index is 10.9.